The molecule has 9 heteroatoms. The number of nitrogens with zero attached hydrogens (tertiary/aromatic N) is 3. The molecule has 108 valence electrons. The number of hydrogen-bond donors (Lipinski definition) is 2. The van der Waals surface area contributed by atoms with Crippen molar-refractivity contribution in [3.05, 3.63) is 39.1 Å². The van der Waals surface area contributed by atoms with Crippen molar-refractivity contribution in [1.29, 1.82) is 0 Å². The second kappa shape index (κ2) is 6.46. The number of aromatic nitrogens is 4. The number of nitrogens with one attached hydrogen (secondary N) is 2. The van der Waals surface area contributed by atoms with Crippen molar-refractivity contribution in [2.75, 3.05) is 0 Å². The maximum Gasteiger partial charge on any atom is 0.226 e. The van der Waals surface area contributed by atoms with Crippen LogP contribution in [0.5, 0.6) is 0 Å². The predicted octanol–water partition coefficient (Wildman–Crippen LogP) is 2.61. The van der Waals surface area contributed by atoms with Crippen LogP contribution in [-0.4, -0.2) is 26.1 Å². The summed E-state index contributed by atoms with van der Waals surface area (Å²) >= 11 is 6.59. The summed E-state index contributed by atoms with van der Waals surface area (Å²) in [7, 11) is 0. The van der Waals surface area contributed by atoms with Gasteiger partial charge >= 0.3 is 0 Å². The summed E-state index contributed by atoms with van der Waals surface area (Å²) in [6.45, 7) is 0.341. The number of halogens is 1. The average molecular weight is 384 g/mol. The molecule has 0 saturated heterocycles. The molecular formula is C12H10BrN5OS2. The Labute approximate surface area is 136 Å². The number of aromatic amines is 1. The van der Waals surface area contributed by atoms with Crippen molar-refractivity contribution in [3.63, 3.8) is 0 Å². The van der Waals surface area contributed by atoms with Gasteiger partial charge in [-0.1, -0.05) is 0 Å². The van der Waals surface area contributed by atoms with Crippen LogP contribution in [0.15, 0.2) is 27.6 Å². The predicted molar refractivity (Wildman–Crippen MR) is 85.1 cm³/mol. The third kappa shape index (κ3) is 3.74. The Morgan fingerprint density at radius 1 is 1.38 bits per heavy atom. The van der Waals surface area contributed by atoms with Crippen LogP contribution >= 0.6 is 38.6 Å². The SMILES string of the molecule is O=C(Cc1csc(-c2cc(Br)cs2)n1)NCc1ncn[nH]1. The minimum atomic E-state index is -0.0874. The van der Waals surface area contributed by atoms with Gasteiger partial charge in [-0.15, -0.1) is 22.7 Å². The molecule has 1 amide bonds. The second-order valence-corrected chi connectivity index (χ2v) is 6.84. The molecule has 0 aliphatic heterocycles. The van der Waals surface area contributed by atoms with Gasteiger partial charge < -0.3 is 5.32 Å². The van der Waals surface area contributed by atoms with Crippen LogP contribution in [0.3, 0.4) is 0 Å². The number of carbonyl (C=O) groups excluding carboxylic acids is 1. The summed E-state index contributed by atoms with van der Waals surface area (Å²) in [4.78, 5) is 21.4. The van der Waals surface area contributed by atoms with Crippen molar-refractivity contribution >= 4 is 44.5 Å². The summed E-state index contributed by atoms with van der Waals surface area (Å²) in [5, 5.41) is 14.0. The molecule has 0 radical (unpaired) electrons. The minimum absolute atomic E-state index is 0.0874. The van der Waals surface area contributed by atoms with Gasteiger partial charge in [-0.3, -0.25) is 9.89 Å². The van der Waals surface area contributed by atoms with Crippen LogP contribution in [0.4, 0.5) is 0 Å². The van der Waals surface area contributed by atoms with Crippen molar-refractivity contribution in [1.82, 2.24) is 25.5 Å². The summed E-state index contributed by atoms with van der Waals surface area (Å²) in [5.41, 5.74) is 0.773. The summed E-state index contributed by atoms with van der Waals surface area (Å²) in [6, 6.07) is 2.03. The lowest BCUT2D eigenvalue weighted by atomic mass is 10.3. The van der Waals surface area contributed by atoms with Crippen LogP contribution in [-0.2, 0) is 17.8 Å². The number of hydrogen-bond acceptors (Lipinski definition) is 6. The Morgan fingerprint density at radius 2 is 2.29 bits per heavy atom. The maximum atomic E-state index is 11.8. The smallest absolute Gasteiger partial charge is 0.226 e. The first-order valence-corrected chi connectivity index (χ1v) is 8.55. The maximum absolute atomic E-state index is 11.8. The highest BCUT2D eigenvalue weighted by molar-refractivity contribution is 9.10. The molecular weight excluding hydrogens is 374 g/mol. The molecule has 6 nitrogen and oxygen atoms in total. The minimum Gasteiger partial charge on any atom is -0.348 e. The first-order chi connectivity index (χ1) is 10.2. The highest BCUT2D eigenvalue weighted by Gasteiger charge is 2.10. The number of amides is 1. The number of rotatable bonds is 5. The van der Waals surface area contributed by atoms with Crippen LogP contribution in [0.2, 0.25) is 0 Å². The molecule has 21 heavy (non-hydrogen) atoms. The third-order valence-corrected chi connectivity index (χ3v) is 5.34. The molecule has 0 fully saturated rings. The van der Waals surface area contributed by atoms with Gasteiger partial charge in [0.1, 0.15) is 17.2 Å². The van der Waals surface area contributed by atoms with E-state index in [2.05, 4.69) is 41.4 Å². The lowest BCUT2D eigenvalue weighted by Crippen LogP contribution is -2.25. The van der Waals surface area contributed by atoms with Crippen LogP contribution in [0.25, 0.3) is 9.88 Å². The zero-order valence-corrected chi connectivity index (χ0v) is 13.9. The fourth-order valence-electron chi connectivity index (χ4n) is 1.65. The van der Waals surface area contributed by atoms with Gasteiger partial charge in [0.25, 0.3) is 0 Å². The normalized spacial score (nSPS) is 10.7. The number of H-pyrrole nitrogens is 1. The molecule has 0 unspecified atom stereocenters. The Kier molecular flexibility index (Phi) is 4.42. The quantitative estimate of drug-likeness (QED) is 0.709. The van der Waals surface area contributed by atoms with Gasteiger partial charge in [0.15, 0.2) is 0 Å². The molecule has 0 saturated carbocycles. The van der Waals surface area contributed by atoms with E-state index < -0.39 is 0 Å². The van der Waals surface area contributed by atoms with Crippen molar-refractivity contribution in [2.24, 2.45) is 0 Å². The topological polar surface area (TPSA) is 83.6 Å². The lowest BCUT2D eigenvalue weighted by molar-refractivity contribution is -0.120. The summed E-state index contributed by atoms with van der Waals surface area (Å²) < 4.78 is 1.05. The van der Waals surface area contributed by atoms with Gasteiger partial charge in [0.2, 0.25) is 5.91 Å². The van der Waals surface area contributed by atoms with E-state index in [4.69, 9.17) is 0 Å². The van der Waals surface area contributed by atoms with Crippen molar-refractivity contribution < 1.29 is 4.79 Å². The fourth-order valence-corrected chi connectivity index (χ4v) is 3.98. The molecule has 0 bridgehead atoms. The van der Waals surface area contributed by atoms with Gasteiger partial charge in [0, 0.05) is 15.2 Å². The second-order valence-electron chi connectivity index (χ2n) is 4.16. The summed E-state index contributed by atoms with van der Waals surface area (Å²) in [5.74, 6) is 0.543. The molecule has 0 aliphatic rings. The van der Waals surface area contributed by atoms with Crippen molar-refractivity contribution in [2.45, 2.75) is 13.0 Å². The number of thiophene rings is 1. The standard InChI is InChI=1S/C12H10BrN5OS2/c13-7-1-9(20-4-7)12-17-8(5-21-12)2-11(19)14-3-10-15-6-16-18-10/h1,4-6H,2-3H2,(H,14,19)(H,15,16,18). The van der Waals surface area contributed by atoms with E-state index in [1.807, 2.05) is 16.8 Å². The molecule has 0 aliphatic carbocycles. The lowest BCUT2D eigenvalue weighted by Gasteiger charge is -2.00. The molecule has 2 N–H and O–H groups in total. The monoisotopic (exact) mass is 383 g/mol. The molecule has 3 heterocycles. The first kappa shape index (κ1) is 14.4. The number of thiazole rings is 1. The van der Waals surface area contributed by atoms with Crippen molar-refractivity contribution in [3.8, 4) is 9.88 Å². The molecule has 0 spiro atoms. The third-order valence-electron chi connectivity index (χ3n) is 2.59. The Morgan fingerprint density at radius 3 is 3.00 bits per heavy atom. The Hall–Kier alpha value is -1.58. The highest BCUT2D eigenvalue weighted by atomic mass is 79.9. The molecule has 0 aromatic carbocycles. The van der Waals surface area contributed by atoms with Crippen LogP contribution in [0, 0.1) is 0 Å². The largest absolute Gasteiger partial charge is 0.348 e. The first-order valence-electron chi connectivity index (χ1n) is 6.00. The van der Waals surface area contributed by atoms with E-state index in [9.17, 15) is 4.79 Å². The van der Waals surface area contributed by atoms with E-state index in [0.29, 0.717) is 12.4 Å². The molecule has 3 aromatic heterocycles. The van der Waals surface area contributed by atoms with E-state index in [-0.39, 0.29) is 12.3 Å². The zero-order valence-electron chi connectivity index (χ0n) is 10.7. The van der Waals surface area contributed by atoms with Crippen LogP contribution < -0.4 is 5.32 Å². The molecule has 3 aromatic rings. The van der Waals surface area contributed by atoms with Crippen LogP contribution in [0.1, 0.15) is 11.5 Å². The Bertz CT molecular complexity index is 737. The van der Waals surface area contributed by atoms with Gasteiger partial charge in [-0.2, -0.15) is 5.10 Å². The highest BCUT2D eigenvalue weighted by Crippen LogP contribution is 2.31. The molecule has 0 atom stereocenters. The van der Waals surface area contributed by atoms with E-state index in [0.717, 1.165) is 20.1 Å². The number of carbonyl (C=O) groups is 1. The fraction of sp³-hybridized carbons (Fsp3) is 0.167. The summed E-state index contributed by atoms with van der Waals surface area (Å²) in [6.07, 6.45) is 1.67. The average Bonchev–Trinajstić information content (AvgIpc) is 3.17. The van der Waals surface area contributed by atoms with Gasteiger partial charge in [-0.25, -0.2) is 9.97 Å². The Balaban J connectivity index is 1.58. The van der Waals surface area contributed by atoms with Gasteiger partial charge in [-0.05, 0) is 22.0 Å². The van der Waals surface area contributed by atoms with E-state index in [1.165, 1.54) is 6.33 Å². The van der Waals surface area contributed by atoms with E-state index in [1.54, 1.807) is 22.7 Å². The van der Waals surface area contributed by atoms with E-state index >= 15 is 0 Å². The molecule has 3 rings (SSSR count). The van der Waals surface area contributed by atoms with Gasteiger partial charge in [0.05, 0.1) is 23.5 Å². The zero-order chi connectivity index (χ0) is 14.7.